The highest BCUT2D eigenvalue weighted by Gasteiger charge is 2.31. The summed E-state index contributed by atoms with van der Waals surface area (Å²) in [4.78, 5) is 184. The van der Waals surface area contributed by atoms with E-state index in [0.29, 0.717) is 115 Å². The quantitative estimate of drug-likeness (QED) is 0.0278. The fourth-order valence-electron chi connectivity index (χ4n) is 12.7. The van der Waals surface area contributed by atoms with Crippen LogP contribution in [0.2, 0.25) is 0 Å². The van der Waals surface area contributed by atoms with Crippen molar-refractivity contribution >= 4 is 88.1 Å². The highest BCUT2D eigenvalue weighted by Crippen LogP contribution is 2.28. The van der Waals surface area contributed by atoms with E-state index in [1.165, 1.54) is 31.2 Å². The van der Waals surface area contributed by atoms with Crippen molar-refractivity contribution in [2.45, 2.75) is 246 Å². The summed E-state index contributed by atoms with van der Waals surface area (Å²) in [6.07, 6.45) is 17.2. The first-order valence-corrected chi connectivity index (χ1v) is 44.5. The lowest BCUT2D eigenvalue weighted by atomic mass is 9.79. The highest BCUT2D eigenvalue weighted by molar-refractivity contribution is 5.93. The number of amides is 5. The van der Waals surface area contributed by atoms with Crippen molar-refractivity contribution in [3.63, 3.8) is 0 Å². The first-order chi connectivity index (χ1) is 60.0. The Morgan fingerprint density at radius 3 is 1.16 bits per heavy atom. The molecule has 2 aromatic rings. The van der Waals surface area contributed by atoms with Crippen LogP contribution in [0.3, 0.4) is 0 Å². The molecule has 0 saturated carbocycles. The zero-order chi connectivity index (χ0) is 91.9. The molecule has 0 fully saturated rings. The normalized spacial score (nSPS) is 12.3. The van der Waals surface area contributed by atoms with Crippen LogP contribution < -0.4 is 36.1 Å². The standard InChI is InChI=1S/C91H143N5O29/c1-68(97)71(25-17-19-43-92-85(106)66-123-60-56-119-52-46-95-86(107)67-122-59-53-116-47-23-28-74(98)36-41-79(90(114)115)96-83(104)30-16-12-8-6-10-14-22-50-125-78-39-33-70(34-40-78)88(110)111)62-80(101)72(63-81(102)91(2,3)4)26-18-20-44-93-84(105)65-121-58-54-117-48-24-29-76(100)64-120-57-55-118-51-45-94-82(103)42-35-73(89(112)113)61-75(99)27-15-11-7-5-9-13-21-49-124-77-37-31-69(32-38-77)87(108)109/h31-34,37-40,71-73,79H,5-30,35-36,41-67H2,1-4H3,(H,92,106)(H,93,105)(H,94,103)(H,95,107)(H,96,104)(H,108,109)(H,110,111)(H,112,113)(H,114,115)/t71-,72-,73-,79+/m1/s1. The van der Waals surface area contributed by atoms with E-state index in [2.05, 4.69) is 26.6 Å². The van der Waals surface area contributed by atoms with Crippen molar-refractivity contribution in [3.05, 3.63) is 59.7 Å². The number of hydrogen-bond donors (Lipinski definition) is 9. The number of nitrogens with one attached hydrogen (secondary N) is 5. The van der Waals surface area contributed by atoms with E-state index in [4.69, 9.17) is 57.6 Å². The molecule has 34 heteroatoms. The van der Waals surface area contributed by atoms with E-state index in [1.54, 1.807) is 45.0 Å². The Kier molecular flexibility index (Phi) is 64.6. The molecule has 0 aromatic heterocycles. The van der Waals surface area contributed by atoms with E-state index >= 15 is 0 Å². The van der Waals surface area contributed by atoms with Crippen molar-refractivity contribution in [1.82, 2.24) is 26.6 Å². The minimum atomic E-state index is -1.20. The van der Waals surface area contributed by atoms with Crippen LogP contribution in [-0.2, 0) is 100 Å². The number of rotatable bonds is 85. The maximum atomic E-state index is 13.8. The average molecular weight is 1770 g/mol. The zero-order valence-corrected chi connectivity index (χ0v) is 74.3. The van der Waals surface area contributed by atoms with Crippen molar-refractivity contribution in [2.24, 2.45) is 23.2 Å². The largest absolute Gasteiger partial charge is 0.494 e. The molecule has 34 nitrogen and oxygen atoms in total. The van der Waals surface area contributed by atoms with Crippen LogP contribution in [0.5, 0.6) is 11.5 Å². The van der Waals surface area contributed by atoms with Gasteiger partial charge in [-0.2, -0.15) is 0 Å². The Bertz CT molecular complexity index is 3440. The summed E-state index contributed by atoms with van der Waals surface area (Å²) in [5.74, 6) is -7.66. The number of hydrogen-bond acceptors (Lipinski definition) is 25. The van der Waals surface area contributed by atoms with Crippen LogP contribution in [0.4, 0.5) is 0 Å². The minimum absolute atomic E-state index is 0.00632. The van der Waals surface area contributed by atoms with E-state index in [9.17, 15) is 82.1 Å². The van der Waals surface area contributed by atoms with Gasteiger partial charge in [-0.25, -0.2) is 14.4 Å². The lowest BCUT2D eigenvalue weighted by Crippen LogP contribution is -2.41. The molecule has 0 bridgehead atoms. The molecule has 0 aliphatic rings. The molecule has 0 heterocycles. The molecule has 0 spiro atoms. The molecule has 125 heavy (non-hydrogen) atoms. The van der Waals surface area contributed by atoms with Gasteiger partial charge in [0.2, 0.25) is 29.5 Å². The van der Waals surface area contributed by atoms with Gasteiger partial charge in [0.1, 0.15) is 72.9 Å². The third-order valence-electron chi connectivity index (χ3n) is 20.2. The lowest BCUT2D eigenvalue weighted by molar-refractivity contribution is -0.144. The minimum Gasteiger partial charge on any atom is -0.494 e. The summed E-state index contributed by atoms with van der Waals surface area (Å²) in [5.41, 5.74) is -0.265. The Morgan fingerprint density at radius 1 is 0.312 bits per heavy atom. The number of aromatic carboxylic acids is 2. The molecule has 9 N–H and O–H groups in total. The van der Waals surface area contributed by atoms with Crippen molar-refractivity contribution in [3.8, 4) is 11.5 Å². The molecule has 0 saturated heterocycles. The first kappa shape index (κ1) is 112. The van der Waals surface area contributed by atoms with Gasteiger partial charge < -0.3 is 94.4 Å². The molecule has 0 unspecified atom stereocenters. The predicted octanol–water partition coefficient (Wildman–Crippen LogP) is 9.99. The van der Waals surface area contributed by atoms with Gasteiger partial charge in [0.05, 0.1) is 96.3 Å². The summed E-state index contributed by atoms with van der Waals surface area (Å²) >= 11 is 0. The number of Topliss-reactive ketones (excluding diaryl/α,β-unsaturated/α-hetero) is 6. The predicted molar refractivity (Wildman–Crippen MR) is 462 cm³/mol. The van der Waals surface area contributed by atoms with Gasteiger partial charge in [-0.1, -0.05) is 97.8 Å². The zero-order valence-electron chi connectivity index (χ0n) is 74.3. The third-order valence-corrected chi connectivity index (χ3v) is 20.2. The molecular formula is C91H143N5O29. The second-order valence-corrected chi connectivity index (χ2v) is 32.0. The molecule has 4 atom stereocenters. The lowest BCUT2D eigenvalue weighted by Gasteiger charge is -2.23. The maximum absolute atomic E-state index is 13.8. The van der Waals surface area contributed by atoms with Gasteiger partial charge >= 0.3 is 23.9 Å². The summed E-state index contributed by atoms with van der Waals surface area (Å²) < 4.78 is 54.9. The van der Waals surface area contributed by atoms with Crippen LogP contribution in [0.1, 0.15) is 260 Å². The van der Waals surface area contributed by atoms with E-state index in [0.717, 1.165) is 77.0 Å². The van der Waals surface area contributed by atoms with Crippen LogP contribution >= 0.6 is 0 Å². The van der Waals surface area contributed by atoms with Crippen molar-refractivity contribution in [1.29, 1.82) is 0 Å². The molecule has 0 aliphatic heterocycles. The van der Waals surface area contributed by atoms with Crippen LogP contribution in [0, 0.1) is 23.2 Å². The van der Waals surface area contributed by atoms with E-state index in [1.807, 2.05) is 0 Å². The molecule has 2 rings (SSSR count). The Hall–Kier alpha value is -9.03. The Labute approximate surface area is 736 Å². The molecule has 0 radical (unpaired) electrons. The molecule has 0 aliphatic carbocycles. The smallest absolute Gasteiger partial charge is 0.335 e. The summed E-state index contributed by atoms with van der Waals surface area (Å²) in [6.45, 7) is 10.5. The second-order valence-electron chi connectivity index (χ2n) is 32.0. The van der Waals surface area contributed by atoms with Gasteiger partial charge in [0.15, 0.2) is 5.78 Å². The molecule has 706 valence electrons. The number of ketones is 6. The van der Waals surface area contributed by atoms with Crippen molar-refractivity contribution in [2.75, 3.05) is 145 Å². The highest BCUT2D eigenvalue weighted by atomic mass is 16.5. The van der Waals surface area contributed by atoms with Gasteiger partial charge in [0.25, 0.3) is 0 Å². The van der Waals surface area contributed by atoms with E-state index < -0.39 is 53.1 Å². The number of carbonyl (C=O) groups excluding carboxylic acids is 11. The van der Waals surface area contributed by atoms with Crippen LogP contribution in [0.25, 0.3) is 0 Å². The van der Waals surface area contributed by atoms with Crippen LogP contribution in [0.15, 0.2) is 48.5 Å². The summed E-state index contributed by atoms with van der Waals surface area (Å²) in [7, 11) is 0. The molecule has 5 amide bonds. The SMILES string of the molecule is CC(=O)[C@H](CCCCNC(=O)COCCOCCNC(=O)COCCOCCCC(=O)CC[C@H](NC(=O)CCCCCCCCCOc1ccc(C(=O)O)cc1)C(=O)O)CC(=O)[C@H](CCCCNC(=O)COCCOCCCC(=O)COCCOCCNC(=O)CC[C@H](CC(=O)CCCCCCCCCOc1ccc(C(=O)O)cc1)C(=O)O)CC(=O)C(C)(C)C. The number of carboxylic acid groups (broad SMARTS) is 4. The topological polar surface area (TPSA) is 489 Å². The summed E-state index contributed by atoms with van der Waals surface area (Å²) in [5, 5.41) is 50.7. The van der Waals surface area contributed by atoms with Gasteiger partial charge in [-0.05, 0) is 133 Å². The van der Waals surface area contributed by atoms with Crippen LogP contribution in [-0.4, -0.2) is 260 Å². The number of ether oxygens (including phenoxy) is 10. The fraction of sp³-hybridized carbons (Fsp3) is 0.703. The third kappa shape index (κ3) is 62.7. The van der Waals surface area contributed by atoms with Gasteiger partial charge in [-0.15, -0.1) is 0 Å². The monoisotopic (exact) mass is 1770 g/mol. The first-order valence-electron chi connectivity index (χ1n) is 44.5. The fourth-order valence-corrected chi connectivity index (χ4v) is 12.7. The Morgan fingerprint density at radius 2 is 0.712 bits per heavy atom. The number of benzene rings is 2. The molecular weight excluding hydrogens is 1630 g/mol. The van der Waals surface area contributed by atoms with Gasteiger partial charge in [-0.3, -0.25) is 57.5 Å². The number of carboxylic acids is 4. The maximum Gasteiger partial charge on any atom is 0.335 e. The van der Waals surface area contributed by atoms with Gasteiger partial charge in [0, 0.05) is 114 Å². The van der Waals surface area contributed by atoms with Crippen molar-refractivity contribution < 1.29 is 140 Å². The van der Waals surface area contributed by atoms with E-state index in [-0.39, 0.29) is 252 Å². The second kappa shape index (κ2) is 72.0. The average Bonchev–Trinajstić information content (AvgIpc) is 0.876. The summed E-state index contributed by atoms with van der Waals surface area (Å²) in [6, 6.07) is 11.4. The number of aliphatic carboxylic acids is 2. The Balaban J connectivity index is 1.42. The number of unbranched alkanes of at least 4 members (excludes halogenated alkanes) is 14. The molecule has 2 aromatic carbocycles. The number of carbonyl (C=O) groups is 15.